The monoisotopic (exact) mass is 251 g/mol. The molecule has 98 valence electrons. The number of hydrogen-bond donors (Lipinski definition) is 2. The summed E-state index contributed by atoms with van der Waals surface area (Å²) in [6.45, 7) is 2.88. The fourth-order valence-corrected chi connectivity index (χ4v) is 1.78. The number of nitrogen functional groups attached to an aromatic ring is 1. The molecule has 0 bridgehead atoms. The highest BCUT2D eigenvalue weighted by molar-refractivity contribution is 5.92. The van der Waals surface area contributed by atoms with Crippen molar-refractivity contribution >= 4 is 11.7 Å². The van der Waals surface area contributed by atoms with Crippen LogP contribution >= 0.6 is 0 Å². The van der Waals surface area contributed by atoms with Crippen molar-refractivity contribution in [1.82, 2.24) is 20.2 Å². The number of aromatic nitrogens is 2. The predicted octanol–water partition coefficient (Wildman–Crippen LogP) is -0.881. The molecule has 7 heteroatoms. The Kier molecular flexibility index (Phi) is 4.06. The zero-order valence-corrected chi connectivity index (χ0v) is 10.3. The molecule has 0 spiro atoms. The Morgan fingerprint density at radius 1 is 1.67 bits per heavy atom. The molecule has 2 heterocycles. The number of hydrogen-bond acceptors (Lipinski definition) is 6. The molecular weight excluding hydrogens is 234 g/mol. The van der Waals surface area contributed by atoms with Crippen LogP contribution in [0.3, 0.4) is 0 Å². The molecule has 0 aromatic carbocycles. The van der Waals surface area contributed by atoms with Crippen LogP contribution in [0.4, 0.5) is 5.82 Å². The first-order valence-electron chi connectivity index (χ1n) is 5.81. The largest absolute Gasteiger partial charge is 0.382 e. The molecule has 1 fully saturated rings. The number of likely N-dealkylation sites (N-methyl/N-ethyl adjacent to an activating group) is 1. The Bertz CT molecular complexity index is 426. The maximum Gasteiger partial charge on any atom is 0.271 e. The first kappa shape index (κ1) is 12.7. The van der Waals surface area contributed by atoms with E-state index in [4.69, 9.17) is 10.5 Å². The Morgan fingerprint density at radius 3 is 3.22 bits per heavy atom. The minimum atomic E-state index is -0.286. The highest BCUT2D eigenvalue weighted by atomic mass is 16.5. The second-order valence-electron chi connectivity index (χ2n) is 4.29. The molecule has 0 aliphatic carbocycles. The SMILES string of the molecule is CN1CCOC(CNC(=O)c2cncc(N)n2)C1. The Hall–Kier alpha value is -1.73. The van der Waals surface area contributed by atoms with E-state index < -0.39 is 0 Å². The molecule has 1 aromatic heterocycles. The molecular formula is C11H17N5O2. The van der Waals surface area contributed by atoms with Crippen LogP contribution in [-0.4, -0.2) is 60.2 Å². The number of rotatable bonds is 3. The van der Waals surface area contributed by atoms with Crippen LogP contribution in [-0.2, 0) is 4.74 Å². The fraction of sp³-hybridized carbons (Fsp3) is 0.545. The molecule has 1 aliphatic rings. The van der Waals surface area contributed by atoms with E-state index in [1.807, 2.05) is 7.05 Å². The highest BCUT2D eigenvalue weighted by Crippen LogP contribution is 2.02. The van der Waals surface area contributed by atoms with Gasteiger partial charge < -0.3 is 20.7 Å². The van der Waals surface area contributed by atoms with Gasteiger partial charge in [0, 0.05) is 19.6 Å². The quantitative estimate of drug-likeness (QED) is 0.724. The van der Waals surface area contributed by atoms with Crippen LogP contribution in [0.2, 0.25) is 0 Å². The van der Waals surface area contributed by atoms with Crippen molar-refractivity contribution < 1.29 is 9.53 Å². The third-order valence-electron chi connectivity index (χ3n) is 2.72. The molecule has 1 amide bonds. The summed E-state index contributed by atoms with van der Waals surface area (Å²) in [6.07, 6.45) is 2.80. The van der Waals surface area contributed by atoms with Crippen LogP contribution in [0.25, 0.3) is 0 Å². The lowest BCUT2D eigenvalue weighted by atomic mass is 10.2. The van der Waals surface area contributed by atoms with Gasteiger partial charge in [0.2, 0.25) is 0 Å². The summed E-state index contributed by atoms with van der Waals surface area (Å²) >= 11 is 0. The van der Waals surface area contributed by atoms with Crippen LogP contribution in [0.5, 0.6) is 0 Å². The van der Waals surface area contributed by atoms with Gasteiger partial charge in [-0.15, -0.1) is 0 Å². The average molecular weight is 251 g/mol. The number of carbonyl (C=O) groups excluding carboxylic acids is 1. The van der Waals surface area contributed by atoms with Gasteiger partial charge in [-0.25, -0.2) is 4.98 Å². The van der Waals surface area contributed by atoms with Crippen molar-refractivity contribution in [3.05, 3.63) is 18.1 Å². The number of nitrogens with zero attached hydrogens (tertiary/aromatic N) is 3. The topological polar surface area (TPSA) is 93.4 Å². The van der Waals surface area contributed by atoms with E-state index in [0.29, 0.717) is 13.2 Å². The van der Waals surface area contributed by atoms with Gasteiger partial charge in [-0.1, -0.05) is 0 Å². The van der Waals surface area contributed by atoms with E-state index in [1.165, 1.54) is 12.4 Å². The molecule has 18 heavy (non-hydrogen) atoms. The molecule has 1 aliphatic heterocycles. The Balaban J connectivity index is 1.84. The van der Waals surface area contributed by atoms with Gasteiger partial charge in [-0.05, 0) is 7.05 Å². The fourth-order valence-electron chi connectivity index (χ4n) is 1.78. The van der Waals surface area contributed by atoms with E-state index in [1.54, 1.807) is 0 Å². The van der Waals surface area contributed by atoms with Gasteiger partial charge in [0.15, 0.2) is 0 Å². The molecule has 0 radical (unpaired) electrons. The number of anilines is 1. The number of nitrogens with one attached hydrogen (secondary N) is 1. The van der Waals surface area contributed by atoms with E-state index in [0.717, 1.165) is 13.1 Å². The first-order chi connectivity index (χ1) is 8.65. The smallest absolute Gasteiger partial charge is 0.271 e. The van der Waals surface area contributed by atoms with Crippen LogP contribution in [0.1, 0.15) is 10.5 Å². The predicted molar refractivity (Wildman–Crippen MR) is 66.0 cm³/mol. The van der Waals surface area contributed by atoms with Crippen molar-refractivity contribution in [3.63, 3.8) is 0 Å². The van der Waals surface area contributed by atoms with Crippen molar-refractivity contribution in [3.8, 4) is 0 Å². The molecule has 1 saturated heterocycles. The van der Waals surface area contributed by atoms with E-state index in [9.17, 15) is 4.79 Å². The lowest BCUT2D eigenvalue weighted by molar-refractivity contribution is -0.0175. The van der Waals surface area contributed by atoms with Gasteiger partial charge in [-0.3, -0.25) is 9.78 Å². The number of morpholine rings is 1. The first-order valence-corrected chi connectivity index (χ1v) is 5.81. The number of nitrogens with two attached hydrogens (primary N) is 1. The summed E-state index contributed by atoms with van der Waals surface area (Å²) < 4.78 is 5.54. The lowest BCUT2D eigenvalue weighted by Crippen LogP contribution is -2.46. The molecule has 7 nitrogen and oxygen atoms in total. The summed E-state index contributed by atoms with van der Waals surface area (Å²) in [5, 5.41) is 2.77. The van der Waals surface area contributed by atoms with Crippen molar-refractivity contribution in [1.29, 1.82) is 0 Å². The highest BCUT2D eigenvalue weighted by Gasteiger charge is 2.18. The second kappa shape index (κ2) is 5.74. The number of amides is 1. The van der Waals surface area contributed by atoms with Gasteiger partial charge in [-0.2, -0.15) is 0 Å². The molecule has 1 aromatic rings. The normalized spacial score (nSPS) is 20.6. The van der Waals surface area contributed by atoms with Crippen LogP contribution in [0, 0.1) is 0 Å². The van der Waals surface area contributed by atoms with E-state index >= 15 is 0 Å². The summed E-state index contributed by atoms with van der Waals surface area (Å²) in [7, 11) is 2.03. The van der Waals surface area contributed by atoms with Gasteiger partial charge in [0.1, 0.15) is 11.5 Å². The molecule has 2 rings (SSSR count). The van der Waals surface area contributed by atoms with E-state index in [2.05, 4.69) is 20.2 Å². The third kappa shape index (κ3) is 3.38. The molecule has 3 N–H and O–H groups in total. The van der Waals surface area contributed by atoms with Gasteiger partial charge >= 0.3 is 0 Å². The number of carbonyl (C=O) groups is 1. The third-order valence-corrected chi connectivity index (χ3v) is 2.72. The van der Waals surface area contributed by atoms with Crippen molar-refractivity contribution in [2.75, 3.05) is 39.0 Å². The zero-order chi connectivity index (χ0) is 13.0. The molecule has 1 unspecified atom stereocenters. The summed E-state index contributed by atoms with van der Waals surface area (Å²) in [5.41, 5.74) is 5.69. The number of ether oxygens (including phenoxy) is 1. The van der Waals surface area contributed by atoms with E-state index in [-0.39, 0.29) is 23.5 Å². The van der Waals surface area contributed by atoms with Gasteiger partial charge in [0.05, 0.1) is 25.1 Å². The maximum absolute atomic E-state index is 11.8. The lowest BCUT2D eigenvalue weighted by Gasteiger charge is -2.30. The van der Waals surface area contributed by atoms with Crippen LogP contribution in [0.15, 0.2) is 12.4 Å². The van der Waals surface area contributed by atoms with Crippen molar-refractivity contribution in [2.24, 2.45) is 0 Å². The Morgan fingerprint density at radius 2 is 2.50 bits per heavy atom. The molecule has 0 saturated carbocycles. The standard InChI is InChI=1S/C11H17N5O2/c1-16-2-3-18-8(7-16)4-14-11(17)9-5-13-6-10(12)15-9/h5-6,8H,2-4,7H2,1H3,(H2,12,15)(H,14,17). The maximum atomic E-state index is 11.8. The minimum Gasteiger partial charge on any atom is -0.382 e. The zero-order valence-electron chi connectivity index (χ0n) is 10.3. The summed E-state index contributed by atoms with van der Waals surface area (Å²) in [5.74, 6) is -0.0528. The van der Waals surface area contributed by atoms with Crippen LogP contribution < -0.4 is 11.1 Å². The molecule has 1 atom stereocenters. The Labute approximate surface area is 105 Å². The average Bonchev–Trinajstić information content (AvgIpc) is 2.36. The second-order valence-corrected chi connectivity index (χ2v) is 4.29. The van der Waals surface area contributed by atoms with Gasteiger partial charge in [0.25, 0.3) is 5.91 Å². The minimum absolute atomic E-state index is 0.0155. The summed E-state index contributed by atoms with van der Waals surface area (Å²) in [4.78, 5) is 21.7. The summed E-state index contributed by atoms with van der Waals surface area (Å²) in [6, 6.07) is 0. The van der Waals surface area contributed by atoms with Crippen molar-refractivity contribution in [2.45, 2.75) is 6.10 Å².